The number of aldehydes is 1. The number of benzene rings is 2. The molecule has 6 aromatic heterocycles. The van der Waals surface area contributed by atoms with E-state index in [2.05, 4.69) is 159 Å². The van der Waals surface area contributed by atoms with Crippen molar-refractivity contribution < 1.29 is 95.3 Å². The zero-order chi connectivity index (χ0) is 102. The van der Waals surface area contributed by atoms with Crippen LogP contribution < -0.4 is 22.2 Å². The van der Waals surface area contributed by atoms with Gasteiger partial charge in [0.25, 0.3) is 11.8 Å². The first-order chi connectivity index (χ1) is 66.0. The fourth-order valence-electron chi connectivity index (χ4n) is 13.4. The molecular formula is C95H117BBr5ClN18O20. The van der Waals surface area contributed by atoms with Gasteiger partial charge in [-0.15, -0.1) is 12.4 Å². The van der Waals surface area contributed by atoms with Crippen molar-refractivity contribution in [2.75, 3.05) is 95.0 Å². The summed E-state index contributed by atoms with van der Waals surface area (Å²) in [7, 11) is 9.64. The average molecular weight is 2280 g/mol. The predicted molar refractivity (Wildman–Crippen MR) is 539 cm³/mol. The second-order valence-electron chi connectivity index (χ2n) is 33.4. The number of urea groups is 4. The van der Waals surface area contributed by atoms with Crippen LogP contribution >= 0.6 is 92.1 Å². The van der Waals surface area contributed by atoms with E-state index < -0.39 is 17.9 Å². The molecule has 6 fully saturated rings. The third kappa shape index (κ3) is 35.3. The molecule has 0 spiro atoms. The van der Waals surface area contributed by atoms with Crippen molar-refractivity contribution >= 4 is 182 Å². The van der Waals surface area contributed by atoms with E-state index in [4.69, 9.17) is 39.7 Å². The third-order valence-electron chi connectivity index (χ3n) is 22.5. The van der Waals surface area contributed by atoms with Crippen LogP contribution in [0.2, 0.25) is 0 Å². The van der Waals surface area contributed by atoms with Crippen molar-refractivity contribution in [3.05, 3.63) is 225 Å². The Morgan fingerprint density at radius 3 is 1.31 bits per heavy atom. The molecule has 752 valence electrons. The lowest BCUT2D eigenvalue weighted by Crippen LogP contribution is -2.44. The molecule has 2 saturated carbocycles. The summed E-state index contributed by atoms with van der Waals surface area (Å²) >= 11 is 16.3. The number of amides is 13. The van der Waals surface area contributed by atoms with Crippen molar-refractivity contribution in [1.82, 2.24) is 79.3 Å². The van der Waals surface area contributed by atoms with Crippen LogP contribution in [-0.4, -0.2) is 283 Å². The SMILES string of the molecule is CC1(C)OB(c2ccc3c(c2)CN(C2CC2)C3=O)OC1(C)C.CCOC(=O)CCCc1ccc(Br)cn1.CCOC(=O)CN.CCOC(=O)CN(Cc1ccc(Br)cn1)C(N)=O.CN1C(=O)CN(Cc2ccc(-c3ccc4c(c3)CN(C3CC3)C4=O)cn2)C1=O.CN1C(=O)CN(Cc2ccc(Br)cn2)C1=O.COC(C)(OC)N(C)C.Cl.O=C1CN(Cc2ccc(Br)cn2)C(=O)N1.O=Cc1ccc(Br)cn1. The number of rotatable bonds is 26. The topological polar surface area (TPSA) is 457 Å². The van der Waals surface area contributed by atoms with Crippen LogP contribution in [0.4, 0.5) is 19.2 Å². The molecule has 38 nitrogen and oxygen atoms in total. The molecule has 140 heavy (non-hydrogen) atoms. The molecule has 0 unspecified atom stereocenters. The van der Waals surface area contributed by atoms with Crippen LogP contribution in [0.3, 0.4) is 0 Å². The van der Waals surface area contributed by atoms with Crippen LogP contribution in [0.15, 0.2) is 169 Å². The number of methoxy groups -OCH3 is 2. The second kappa shape index (κ2) is 55.4. The minimum absolute atomic E-state index is 0. The minimum atomic E-state index is -0.687. The molecule has 0 bridgehead atoms. The highest BCUT2D eigenvalue weighted by Gasteiger charge is 2.52. The first kappa shape index (κ1) is 116. The molecule has 45 heteroatoms. The molecular weight excluding hydrogens is 2160 g/mol. The molecule has 5 N–H and O–H groups in total. The quantitative estimate of drug-likeness (QED) is 0.0113. The number of aryl methyl sites for hydroxylation is 1. The maximum absolute atomic E-state index is 12.5. The lowest BCUT2D eigenvalue weighted by Gasteiger charge is -2.32. The monoisotopic (exact) mass is 2270 g/mol. The summed E-state index contributed by atoms with van der Waals surface area (Å²) in [5.74, 6) is -1.87. The van der Waals surface area contributed by atoms with Crippen LogP contribution in [0.1, 0.15) is 165 Å². The number of aromatic nitrogens is 6. The van der Waals surface area contributed by atoms with Crippen LogP contribution in [0.5, 0.6) is 0 Å². The van der Waals surface area contributed by atoms with Gasteiger partial charge in [0.2, 0.25) is 23.6 Å². The Hall–Kier alpha value is -11.0. The zero-order valence-electron chi connectivity index (χ0n) is 80.3. The van der Waals surface area contributed by atoms with E-state index in [1.165, 1.54) is 33.7 Å². The summed E-state index contributed by atoms with van der Waals surface area (Å²) in [6, 6.07) is 33.2. The van der Waals surface area contributed by atoms with E-state index in [0.29, 0.717) is 75.6 Å². The number of fused-ring (bicyclic) bond motifs is 2. The number of carbonyl (C=O) groups is 13. The molecule has 8 aromatic rings. The number of ether oxygens (including phenoxy) is 5. The first-order valence-electron chi connectivity index (χ1n) is 44.3. The Bertz CT molecular complexity index is 5550. The summed E-state index contributed by atoms with van der Waals surface area (Å²) < 4.78 is 40.8. The molecule has 6 aliphatic heterocycles. The number of nitrogens with one attached hydrogen (secondary N) is 1. The smallest absolute Gasteiger partial charge is 0.466 e. The minimum Gasteiger partial charge on any atom is -0.466 e. The van der Waals surface area contributed by atoms with E-state index in [9.17, 15) is 62.3 Å². The van der Waals surface area contributed by atoms with Gasteiger partial charge in [0.15, 0.2) is 6.29 Å². The lowest BCUT2D eigenvalue weighted by atomic mass is 9.78. The van der Waals surface area contributed by atoms with Gasteiger partial charge in [0, 0.05) is 149 Å². The highest BCUT2D eigenvalue weighted by molar-refractivity contribution is 9.11. The second-order valence-corrected chi connectivity index (χ2v) is 38.0. The Kier molecular flexibility index (Phi) is 45.9. The molecule has 0 atom stereocenters. The number of imide groups is 3. The number of primary amides is 1. The molecule has 2 aliphatic carbocycles. The Labute approximate surface area is 862 Å². The van der Waals surface area contributed by atoms with Gasteiger partial charge in [0.1, 0.15) is 31.9 Å². The maximum Gasteiger partial charge on any atom is 0.494 e. The number of pyridine rings is 6. The summed E-state index contributed by atoms with van der Waals surface area (Å²) in [6.07, 6.45) is 17.3. The van der Waals surface area contributed by atoms with Crippen molar-refractivity contribution in [1.29, 1.82) is 0 Å². The Morgan fingerprint density at radius 1 is 0.536 bits per heavy atom. The summed E-state index contributed by atoms with van der Waals surface area (Å²) in [5, 5.41) is 2.21. The van der Waals surface area contributed by atoms with Crippen molar-refractivity contribution in [3.63, 3.8) is 0 Å². The fraction of sp³-hybridized carbons (Fsp3) is 0.421. The Morgan fingerprint density at radius 2 is 0.950 bits per heavy atom. The van der Waals surface area contributed by atoms with Gasteiger partial charge in [0.05, 0.1) is 86.5 Å². The normalized spacial score (nSPS) is 15.5. The zero-order valence-corrected chi connectivity index (χ0v) is 89.1. The highest BCUT2D eigenvalue weighted by atomic mass is 79.9. The van der Waals surface area contributed by atoms with Crippen molar-refractivity contribution in [2.45, 2.75) is 169 Å². The van der Waals surface area contributed by atoms with Gasteiger partial charge in [-0.1, -0.05) is 24.3 Å². The third-order valence-corrected chi connectivity index (χ3v) is 24.8. The van der Waals surface area contributed by atoms with Gasteiger partial charge < -0.3 is 73.9 Å². The first-order valence-corrected chi connectivity index (χ1v) is 48.3. The molecule has 8 aliphatic rings. The van der Waals surface area contributed by atoms with Crippen LogP contribution in [0, 0.1) is 0 Å². The summed E-state index contributed by atoms with van der Waals surface area (Å²) in [5.41, 5.74) is 20.6. The van der Waals surface area contributed by atoms with E-state index in [-0.39, 0.29) is 136 Å². The van der Waals surface area contributed by atoms with E-state index in [0.717, 1.165) is 139 Å². The van der Waals surface area contributed by atoms with E-state index in [1.54, 1.807) is 95.6 Å². The van der Waals surface area contributed by atoms with Gasteiger partial charge in [-0.3, -0.25) is 93.1 Å². The molecule has 2 aromatic carbocycles. The number of hydrogen-bond acceptors (Lipinski definition) is 28. The fourth-order valence-corrected chi connectivity index (χ4v) is 14.6. The summed E-state index contributed by atoms with van der Waals surface area (Å²) in [4.78, 5) is 186. The predicted octanol–water partition coefficient (Wildman–Crippen LogP) is 12.6. The number of hydrogen-bond donors (Lipinski definition) is 3. The van der Waals surface area contributed by atoms with Gasteiger partial charge >= 0.3 is 49.2 Å². The molecule has 13 amide bonds. The van der Waals surface area contributed by atoms with Gasteiger partial charge in [-0.25, -0.2) is 19.2 Å². The van der Waals surface area contributed by atoms with Crippen LogP contribution in [-0.2, 0) is 107 Å². The van der Waals surface area contributed by atoms with Gasteiger partial charge in [-0.2, -0.15) is 0 Å². The standard InChI is InChI=1S/C21H20N4O3.C17H22BNO3.C11H14BrN3O3.C11H14BrNO2.C10H10BrN3O2.C9H8BrN3O2.C6H4BrNO.C6H15NO2.C4H9NO2.ClH/c1-23-19(26)12-24(21(23)28)11-16-4-2-14(9-22-16)13-3-7-18-15(8-13)10-25(20(18)27)17-5-6-17;1-16(2)17(3,4)22-18(21-16)12-5-8-14-11(9-12)10-19(15(14)20)13-6-7-13;1-2-18-10(16)7-15(11(13)17)6-9-4-3-8(12)5-14-9;1-2-15-11(14)5-3-4-10-7-6-9(12)8-13-10;1-13-9(15)6-14(10(13)16)5-8-3-2-7(11)4-12-8;10-6-1-2-7(11-3-6)4-13-5-8(14)12-9(13)15;7-5-1-2-6(4-9)8-3-5;1-6(8-4,9-5)7(2)3;1-2-7-4(6)3-5;/h2-4,7-9,17H,5-6,10-12H2,1H3;5,8-9,13H,6-7,10H2,1-4H3;3-5H,2,6-7H2,1H3,(H2,13,17);6-8H,2-5H2,1H3;2-4H,5-6H2,1H3;1-3H,4-5H2,(H,12,14,15);1-4H;1-5H3;2-3,5H2,1H3;1H. The molecule has 4 saturated heterocycles. The largest absolute Gasteiger partial charge is 0.494 e. The number of esters is 3. The summed E-state index contributed by atoms with van der Waals surface area (Å²) in [6.45, 7) is 19.2. The highest BCUT2D eigenvalue weighted by Crippen LogP contribution is 2.40. The number of nitrogens with zero attached hydrogens (tertiary/aromatic N) is 15. The maximum atomic E-state index is 12.5. The number of likely N-dealkylation sites (N-methyl/N-ethyl adjacent to an activating group) is 2. The van der Waals surface area contributed by atoms with Crippen LogP contribution in [0.25, 0.3) is 11.1 Å². The molecule has 0 radical (unpaired) electrons. The molecule has 16 rings (SSSR count). The number of carbonyl (C=O) groups excluding carboxylic acids is 13. The number of halogens is 6. The lowest BCUT2D eigenvalue weighted by molar-refractivity contribution is -0.270. The Balaban J connectivity index is 0.000000220. The molecule has 12 heterocycles. The van der Waals surface area contributed by atoms with Gasteiger partial charge in [-0.05, 0) is 288 Å². The van der Waals surface area contributed by atoms with E-state index in [1.807, 2.05) is 109 Å². The average Bonchev–Trinajstić information content (AvgIpc) is 1.61. The number of nitrogens with two attached hydrogens (primary N) is 2. The van der Waals surface area contributed by atoms with Crippen molar-refractivity contribution in [2.24, 2.45) is 11.5 Å². The van der Waals surface area contributed by atoms with Crippen molar-refractivity contribution in [3.8, 4) is 11.1 Å². The van der Waals surface area contributed by atoms with E-state index >= 15 is 0 Å².